The van der Waals surface area contributed by atoms with Gasteiger partial charge >= 0.3 is 0 Å². The summed E-state index contributed by atoms with van der Waals surface area (Å²) in [4.78, 5) is 32.8. The van der Waals surface area contributed by atoms with Gasteiger partial charge in [-0.05, 0) is 53.4 Å². The van der Waals surface area contributed by atoms with Crippen LogP contribution in [0.4, 0.5) is 5.69 Å². The first-order valence-corrected chi connectivity index (χ1v) is 10.3. The Labute approximate surface area is 182 Å². The molecule has 3 heterocycles. The topological polar surface area (TPSA) is 93.3 Å². The van der Waals surface area contributed by atoms with Gasteiger partial charge in [-0.15, -0.1) is 11.3 Å². The molecule has 4 aromatic rings. The van der Waals surface area contributed by atoms with E-state index < -0.39 is 11.5 Å². The number of nitrogens with zero attached hydrogens (tertiary/aromatic N) is 1. The lowest BCUT2D eigenvalue weighted by atomic mass is 10.2. The first kappa shape index (κ1) is 20.4. The number of carbonyl (C=O) groups excluding carboxylic acids is 1. The number of methoxy groups -OCH3 is 1. The van der Waals surface area contributed by atoms with Crippen molar-refractivity contribution in [2.45, 2.75) is 6.61 Å². The van der Waals surface area contributed by atoms with Gasteiger partial charge < -0.3 is 19.8 Å². The van der Waals surface area contributed by atoms with Gasteiger partial charge in [-0.25, -0.2) is 0 Å². The van der Waals surface area contributed by atoms with Crippen molar-refractivity contribution in [2.24, 2.45) is 0 Å². The molecule has 4 rings (SSSR count). The zero-order valence-electron chi connectivity index (χ0n) is 16.6. The minimum Gasteiger partial charge on any atom is -0.493 e. The summed E-state index contributed by atoms with van der Waals surface area (Å²) in [5, 5.41) is 4.66. The Morgan fingerprint density at radius 1 is 1.10 bits per heavy atom. The normalized spacial score (nSPS) is 10.5. The van der Waals surface area contributed by atoms with Gasteiger partial charge in [0.2, 0.25) is 0 Å². The lowest BCUT2D eigenvalue weighted by Crippen LogP contribution is -2.23. The molecule has 0 unspecified atom stereocenters. The molecule has 0 aliphatic heterocycles. The highest BCUT2D eigenvalue weighted by Gasteiger charge is 2.14. The second kappa shape index (κ2) is 9.27. The molecular formula is C23H19N3O4S. The van der Waals surface area contributed by atoms with Crippen LogP contribution in [-0.4, -0.2) is 23.0 Å². The van der Waals surface area contributed by atoms with Crippen molar-refractivity contribution in [3.8, 4) is 22.1 Å². The first-order chi connectivity index (χ1) is 15.1. The van der Waals surface area contributed by atoms with Gasteiger partial charge in [-0.2, -0.15) is 0 Å². The number of pyridine rings is 2. The number of hydrogen-bond acceptors (Lipinski definition) is 6. The molecular weight excluding hydrogens is 414 g/mol. The number of aromatic nitrogens is 2. The van der Waals surface area contributed by atoms with Crippen molar-refractivity contribution < 1.29 is 14.3 Å². The molecule has 1 aromatic carbocycles. The SMILES string of the molecule is COc1ccc(NC(=O)c2ccc(-c3cccs3)[nH]c2=O)cc1OCc1ccncc1. The van der Waals surface area contributed by atoms with Crippen LogP contribution in [0.15, 0.2) is 77.2 Å². The van der Waals surface area contributed by atoms with Gasteiger partial charge in [-0.3, -0.25) is 14.6 Å². The number of hydrogen-bond donors (Lipinski definition) is 2. The molecule has 8 heteroatoms. The van der Waals surface area contributed by atoms with E-state index in [0.717, 1.165) is 10.4 Å². The van der Waals surface area contributed by atoms with Gasteiger partial charge in [0.15, 0.2) is 11.5 Å². The zero-order chi connectivity index (χ0) is 21.6. The molecule has 0 radical (unpaired) electrons. The van der Waals surface area contributed by atoms with Crippen LogP contribution in [0.25, 0.3) is 10.6 Å². The fourth-order valence-electron chi connectivity index (χ4n) is 2.93. The van der Waals surface area contributed by atoms with E-state index in [4.69, 9.17) is 9.47 Å². The Hall–Kier alpha value is -3.91. The fourth-order valence-corrected chi connectivity index (χ4v) is 3.64. The van der Waals surface area contributed by atoms with Crippen LogP contribution < -0.4 is 20.3 Å². The van der Waals surface area contributed by atoms with Crippen LogP contribution in [0.1, 0.15) is 15.9 Å². The monoisotopic (exact) mass is 433 g/mol. The molecule has 1 amide bonds. The number of amides is 1. The van der Waals surface area contributed by atoms with Crippen LogP contribution in [0.5, 0.6) is 11.5 Å². The average molecular weight is 433 g/mol. The van der Waals surface area contributed by atoms with E-state index in [1.165, 1.54) is 17.4 Å². The highest BCUT2D eigenvalue weighted by atomic mass is 32.1. The summed E-state index contributed by atoms with van der Waals surface area (Å²) in [5.74, 6) is 0.494. The summed E-state index contributed by atoms with van der Waals surface area (Å²) < 4.78 is 11.2. The average Bonchev–Trinajstić information content (AvgIpc) is 3.33. The van der Waals surface area contributed by atoms with Gasteiger partial charge in [-0.1, -0.05) is 6.07 Å². The zero-order valence-corrected chi connectivity index (χ0v) is 17.4. The maximum atomic E-state index is 12.7. The first-order valence-electron chi connectivity index (χ1n) is 9.42. The summed E-state index contributed by atoms with van der Waals surface area (Å²) in [5.41, 5.74) is 1.68. The second-order valence-corrected chi connectivity index (χ2v) is 7.50. The van der Waals surface area contributed by atoms with E-state index in [1.807, 2.05) is 29.6 Å². The second-order valence-electron chi connectivity index (χ2n) is 6.56. The maximum Gasteiger partial charge on any atom is 0.261 e. The molecule has 0 fully saturated rings. The third-order valence-corrected chi connectivity index (χ3v) is 5.41. The van der Waals surface area contributed by atoms with Crippen molar-refractivity contribution in [1.82, 2.24) is 9.97 Å². The lowest BCUT2D eigenvalue weighted by Gasteiger charge is -2.13. The van der Waals surface area contributed by atoms with Crippen molar-refractivity contribution in [3.63, 3.8) is 0 Å². The van der Waals surface area contributed by atoms with Crippen LogP contribution >= 0.6 is 11.3 Å². The third-order valence-electron chi connectivity index (χ3n) is 4.51. The molecule has 0 bridgehead atoms. The largest absolute Gasteiger partial charge is 0.493 e. The molecule has 0 spiro atoms. The molecule has 0 saturated heterocycles. The fraction of sp³-hybridized carbons (Fsp3) is 0.0870. The number of rotatable bonds is 7. The van der Waals surface area contributed by atoms with E-state index >= 15 is 0 Å². The summed E-state index contributed by atoms with van der Waals surface area (Å²) in [6, 6.07) is 15.8. The van der Waals surface area contributed by atoms with E-state index in [2.05, 4.69) is 15.3 Å². The molecule has 7 nitrogen and oxygen atoms in total. The Morgan fingerprint density at radius 2 is 1.94 bits per heavy atom. The molecule has 0 aliphatic rings. The summed E-state index contributed by atoms with van der Waals surface area (Å²) >= 11 is 1.51. The maximum absolute atomic E-state index is 12.7. The van der Waals surface area contributed by atoms with Gasteiger partial charge in [0.25, 0.3) is 11.5 Å². The number of carbonyl (C=O) groups is 1. The number of H-pyrrole nitrogens is 1. The van der Waals surface area contributed by atoms with Crippen molar-refractivity contribution >= 4 is 22.9 Å². The Kier molecular flexibility index (Phi) is 6.09. The quantitative estimate of drug-likeness (QED) is 0.452. The van der Waals surface area contributed by atoms with Crippen molar-refractivity contribution in [3.05, 3.63) is 93.9 Å². The smallest absolute Gasteiger partial charge is 0.261 e. The highest BCUT2D eigenvalue weighted by molar-refractivity contribution is 7.13. The molecule has 156 valence electrons. The Morgan fingerprint density at radius 3 is 2.65 bits per heavy atom. The van der Waals surface area contributed by atoms with E-state index in [1.54, 1.807) is 43.8 Å². The van der Waals surface area contributed by atoms with Gasteiger partial charge in [0.1, 0.15) is 12.2 Å². The minimum absolute atomic E-state index is 0.0235. The van der Waals surface area contributed by atoms with E-state index in [-0.39, 0.29) is 5.56 Å². The van der Waals surface area contributed by atoms with Crippen LogP contribution in [-0.2, 0) is 6.61 Å². The number of nitrogens with one attached hydrogen (secondary N) is 2. The number of benzene rings is 1. The van der Waals surface area contributed by atoms with Crippen LogP contribution in [0.2, 0.25) is 0 Å². The Balaban J connectivity index is 1.51. The summed E-state index contributed by atoms with van der Waals surface area (Å²) in [6.45, 7) is 0.320. The highest BCUT2D eigenvalue weighted by Crippen LogP contribution is 2.31. The van der Waals surface area contributed by atoms with Gasteiger partial charge in [0.05, 0.1) is 17.7 Å². The van der Waals surface area contributed by atoms with Crippen LogP contribution in [0.3, 0.4) is 0 Å². The predicted octanol–water partition coefficient (Wildman–Crippen LogP) is 4.34. The minimum atomic E-state index is -0.510. The summed E-state index contributed by atoms with van der Waals surface area (Å²) in [7, 11) is 1.54. The molecule has 0 atom stereocenters. The molecule has 3 aromatic heterocycles. The number of ether oxygens (including phenoxy) is 2. The van der Waals surface area contributed by atoms with E-state index in [0.29, 0.717) is 29.5 Å². The number of anilines is 1. The number of thiophene rings is 1. The molecule has 0 aliphatic carbocycles. The molecule has 0 saturated carbocycles. The summed E-state index contributed by atoms with van der Waals surface area (Å²) in [6.07, 6.45) is 3.38. The Bertz CT molecular complexity index is 1240. The van der Waals surface area contributed by atoms with Crippen molar-refractivity contribution in [2.75, 3.05) is 12.4 Å². The van der Waals surface area contributed by atoms with Crippen molar-refractivity contribution in [1.29, 1.82) is 0 Å². The van der Waals surface area contributed by atoms with Gasteiger partial charge in [0, 0.05) is 24.1 Å². The van der Waals surface area contributed by atoms with Crippen LogP contribution in [0, 0.1) is 0 Å². The standard InChI is InChI=1S/C23H19N3O4S/c1-29-19-7-4-16(13-20(19)30-14-15-8-10-24-11-9-15)25-22(27)17-5-6-18(26-23(17)28)21-3-2-12-31-21/h2-13H,14H2,1H3,(H,25,27)(H,26,28). The third kappa shape index (κ3) is 4.81. The number of aromatic amines is 1. The molecule has 31 heavy (non-hydrogen) atoms. The lowest BCUT2D eigenvalue weighted by molar-refractivity contribution is 0.102. The van der Waals surface area contributed by atoms with E-state index in [9.17, 15) is 9.59 Å². The molecule has 2 N–H and O–H groups in total. The predicted molar refractivity (Wildman–Crippen MR) is 120 cm³/mol.